The fraction of sp³-hybridized carbons (Fsp3) is 0.458. The Morgan fingerprint density at radius 3 is 2.43 bits per heavy atom. The van der Waals surface area contributed by atoms with E-state index in [-0.39, 0.29) is 5.91 Å². The van der Waals surface area contributed by atoms with Gasteiger partial charge in [-0.3, -0.25) is 4.79 Å². The van der Waals surface area contributed by atoms with E-state index in [4.69, 9.17) is 9.47 Å². The van der Waals surface area contributed by atoms with E-state index in [2.05, 4.69) is 43.4 Å². The molecular weight excluding hydrogens is 350 g/mol. The molecule has 4 nitrogen and oxygen atoms in total. The average molecular weight is 384 g/mol. The van der Waals surface area contributed by atoms with Crippen LogP contribution in [0.15, 0.2) is 42.5 Å². The van der Waals surface area contributed by atoms with E-state index in [9.17, 15) is 4.79 Å². The highest BCUT2D eigenvalue weighted by atomic mass is 16.5. The highest BCUT2D eigenvalue weighted by Crippen LogP contribution is 2.28. The molecule has 0 aliphatic carbocycles. The van der Waals surface area contributed by atoms with E-state index in [0.717, 1.165) is 35.5 Å². The van der Waals surface area contributed by atoms with Crippen LogP contribution in [0.2, 0.25) is 0 Å². The Balaban J connectivity index is 1.79. The van der Waals surface area contributed by atoms with E-state index >= 15 is 0 Å². The molecule has 2 rings (SSSR count). The number of ether oxygens (including phenoxy) is 2. The predicted octanol–water partition coefficient (Wildman–Crippen LogP) is 5.03. The van der Waals surface area contributed by atoms with Gasteiger partial charge in [-0.1, -0.05) is 38.1 Å². The molecule has 2 aromatic carbocycles. The first-order chi connectivity index (χ1) is 13.4. The van der Waals surface area contributed by atoms with Crippen LogP contribution in [0.4, 0.5) is 0 Å². The summed E-state index contributed by atoms with van der Waals surface area (Å²) in [5.74, 6) is 1.96. The second-order valence-corrected chi connectivity index (χ2v) is 7.43. The van der Waals surface area contributed by atoms with Gasteiger partial charge < -0.3 is 14.8 Å². The fourth-order valence-corrected chi connectivity index (χ4v) is 3.03. The van der Waals surface area contributed by atoms with Gasteiger partial charge in [-0.15, -0.1) is 0 Å². The van der Waals surface area contributed by atoms with E-state index in [1.165, 1.54) is 5.56 Å². The molecule has 0 heterocycles. The number of nitrogens with one attached hydrogen (secondary N) is 1. The Bertz CT molecular complexity index is 753. The molecule has 0 aliphatic rings. The summed E-state index contributed by atoms with van der Waals surface area (Å²) in [4.78, 5) is 12.4. The van der Waals surface area contributed by atoms with Gasteiger partial charge in [0.1, 0.15) is 11.5 Å². The van der Waals surface area contributed by atoms with Crippen LogP contribution in [-0.2, 0) is 11.2 Å². The second kappa shape index (κ2) is 10.7. The standard InChI is InChI=1S/C24H33NO3/c1-6-27-21-12-10-20(11-13-21)8-7-15-25-24(26)19(5)28-23-16-18(4)9-14-22(23)17(2)3/h9-14,16-17,19H,6-8,15H2,1-5H3,(H,25,26)/t19-/m0/s1. The number of benzene rings is 2. The summed E-state index contributed by atoms with van der Waals surface area (Å²) in [6, 6.07) is 14.3. The summed E-state index contributed by atoms with van der Waals surface area (Å²) < 4.78 is 11.4. The minimum absolute atomic E-state index is 0.0806. The Morgan fingerprint density at radius 2 is 1.79 bits per heavy atom. The van der Waals surface area contributed by atoms with Crippen LogP contribution in [0.5, 0.6) is 11.5 Å². The first-order valence-corrected chi connectivity index (χ1v) is 10.2. The molecule has 1 N–H and O–H groups in total. The highest BCUT2D eigenvalue weighted by molar-refractivity contribution is 5.80. The summed E-state index contributed by atoms with van der Waals surface area (Å²) in [7, 11) is 0. The van der Waals surface area contributed by atoms with Gasteiger partial charge in [-0.25, -0.2) is 0 Å². The van der Waals surface area contributed by atoms with Crippen molar-refractivity contribution in [1.82, 2.24) is 5.32 Å². The monoisotopic (exact) mass is 383 g/mol. The highest BCUT2D eigenvalue weighted by Gasteiger charge is 2.17. The van der Waals surface area contributed by atoms with Gasteiger partial charge in [-0.2, -0.15) is 0 Å². The van der Waals surface area contributed by atoms with Crippen LogP contribution >= 0.6 is 0 Å². The number of carbonyl (C=O) groups excluding carboxylic acids is 1. The van der Waals surface area contributed by atoms with Crippen molar-refractivity contribution < 1.29 is 14.3 Å². The Morgan fingerprint density at radius 1 is 1.07 bits per heavy atom. The molecule has 0 unspecified atom stereocenters. The third-order valence-corrected chi connectivity index (χ3v) is 4.64. The van der Waals surface area contributed by atoms with E-state index in [1.54, 1.807) is 6.92 Å². The van der Waals surface area contributed by atoms with Crippen molar-refractivity contribution in [1.29, 1.82) is 0 Å². The minimum atomic E-state index is -0.523. The maximum Gasteiger partial charge on any atom is 0.260 e. The lowest BCUT2D eigenvalue weighted by atomic mass is 10.0. The van der Waals surface area contributed by atoms with Crippen molar-refractivity contribution in [3.63, 3.8) is 0 Å². The van der Waals surface area contributed by atoms with Crippen LogP contribution in [0.1, 0.15) is 56.7 Å². The summed E-state index contributed by atoms with van der Waals surface area (Å²) >= 11 is 0. The zero-order chi connectivity index (χ0) is 20.5. The van der Waals surface area contributed by atoms with Crippen molar-refractivity contribution >= 4 is 5.91 Å². The van der Waals surface area contributed by atoms with Crippen LogP contribution in [0.25, 0.3) is 0 Å². The van der Waals surface area contributed by atoms with Gasteiger partial charge in [-0.05, 0) is 74.4 Å². The molecule has 0 spiro atoms. The molecule has 1 amide bonds. The molecular formula is C24H33NO3. The summed E-state index contributed by atoms with van der Waals surface area (Å²) in [5.41, 5.74) is 3.49. The van der Waals surface area contributed by atoms with Crippen LogP contribution in [0, 0.1) is 6.92 Å². The van der Waals surface area contributed by atoms with Gasteiger partial charge in [0.25, 0.3) is 5.91 Å². The number of carbonyl (C=O) groups is 1. The fourth-order valence-electron chi connectivity index (χ4n) is 3.03. The first kappa shape index (κ1) is 21.8. The van der Waals surface area contributed by atoms with Gasteiger partial charge >= 0.3 is 0 Å². The van der Waals surface area contributed by atoms with Crippen molar-refractivity contribution in [3.05, 3.63) is 59.2 Å². The van der Waals surface area contributed by atoms with Crippen LogP contribution in [0.3, 0.4) is 0 Å². The molecule has 0 fully saturated rings. The summed E-state index contributed by atoms with van der Waals surface area (Å²) in [5, 5.41) is 2.98. The molecule has 0 saturated heterocycles. The normalized spacial score (nSPS) is 11.9. The summed E-state index contributed by atoms with van der Waals surface area (Å²) in [6.07, 6.45) is 1.27. The first-order valence-electron chi connectivity index (χ1n) is 10.2. The van der Waals surface area contributed by atoms with Crippen molar-refractivity contribution in [2.45, 2.75) is 59.5 Å². The molecule has 0 aromatic heterocycles. The summed E-state index contributed by atoms with van der Waals surface area (Å²) in [6.45, 7) is 11.4. The maximum atomic E-state index is 12.4. The SMILES string of the molecule is CCOc1ccc(CCCNC(=O)[C@H](C)Oc2cc(C)ccc2C(C)C)cc1. The van der Waals surface area contributed by atoms with E-state index in [0.29, 0.717) is 19.1 Å². The molecule has 0 aliphatic heterocycles. The number of hydrogen-bond acceptors (Lipinski definition) is 3. The number of amides is 1. The maximum absolute atomic E-state index is 12.4. The van der Waals surface area contributed by atoms with Gasteiger partial charge in [0.05, 0.1) is 6.61 Å². The van der Waals surface area contributed by atoms with Crippen LogP contribution in [-0.4, -0.2) is 25.2 Å². The van der Waals surface area contributed by atoms with Crippen LogP contribution < -0.4 is 14.8 Å². The Labute approximate surface area is 169 Å². The quantitative estimate of drug-likeness (QED) is 0.585. The average Bonchev–Trinajstić information content (AvgIpc) is 2.66. The smallest absolute Gasteiger partial charge is 0.260 e. The lowest BCUT2D eigenvalue weighted by molar-refractivity contribution is -0.127. The molecule has 0 saturated carbocycles. The third-order valence-electron chi connectivity index (χ3n) is 4.64. The Kier molecular flexibility index (Phi) is 8.37. The van der Waals surface area contributed by atoms with E-state index in [1.807, 2.05) is 32.0 Å². The molecule has 0 bridgehead atoms. The van der Waals surface area contributed by atoms with Crippen molar-refractivity contribution in [2.75, 3.05) is 13.2 Å². The molecule has 152 valence electrons. The largest absolute Gasteiger partial charge is 0.494 e. The second-order valence-electron chi connectivity index (χ2n) is 7.43. The lowest BCUT2D eigenvalue weighted by Gasteiger charge is -2.19. The molecule has 1 atom stereocenters. The van der Waals surface area contributed by atoms with E-state index < -0.39 is 6.10 Å². The molecule has 0 radical (unpaired) electrons. The number of aryl methyl sites for hydroxylation is 2. The van der Waals surface area contributed by atoms with Crippen molar-refractivity contribution in [3.8, 4) is 11.5 Å². The predicted molar refractivity (Wildman–Crippen MR) is 114 cm³/mol. The Hall–Kier alpha value is -2.49. The third kappa shape index (κ3) is 6.59. The van der Waals surface area contributed by atoms with Gasteiger partial charge in [0.2, 0.25) is 0 Å². The molecule has 2 aromatic rings. The zero-order valence-electron chi connectivity index (χ0n) is 17.7. The van der Waals surface area contributed by atoms with Gasteiger partial charge in [0, 0.05) is 6.54 Å². The van der Waals surface area contributed by atoms with Gasteiger partial charge in [0.15, 0.2) is 6.10 Å². The minimum Gasteiger partial charge on any atom is -0.494 e. The van der Waals surface area contributed by atoms with Crippen molar-refractivity contribution in [2.24, 2.45) is 0 Å². The number of rotatable bonds is 10. The zero-order valence-corrected chi connectivity index (χ0v) is 17.7. The molecule has 28 heavy (non-hydrogen) atoms. The number of hydrogen-bond donors (Lipinski definition) is 1. The lowest BCUT2D eigenvalue weighted by Crippen LogP contribution is -2.37. The molecule has 4 heteroatoms. The topological polar surface area (TPSA) is 47.6 Å².